The number of unbranched alkanes of at least 4 members (excludes halogenated alkanes) is 5. The SMILES string of the molecule is CCCCCCCC[P+]1(S)C2CCCC1CCC2. The number of rotatable bonds is 7. The molecule has 0 aliphatic carbocycles. The second-order valence-corrected chi connectivity index (χ2v) is 12.5. The summed E-state index contributed by atoms with van der Waals surface area (Å²) >= 11 is 5.33. The van der Waals surface area contributed by atoms with Crippen molar-refractivity contribution in [1.29, 1.82) is 0 Å². The van der Waals surface area contributed by atoms with Gasteiger partial charge in [0.15, 0.2) is 0 Å². The quantitative estimate of drug-likeness (QED) is 0.316. The van der Waals surface area contributed by atoms with E-state index in [1.165, 1.54) is 83.2 Å². The van der Waals surface area contributed by atoms with E-state index < -0.39 is 6.46 Å². The zero-order valence-corrected chi connectivity index (χ0v) is 14.0. The molecule has 0 aromatic heterocycles. The predicted molar refractivity (Wildman–Crippen MR) is 89.4 cm³/mol. The fourth-order valence-corrected chi connectivity index (χ4v) is 10.6. The van der Waals surface area contributed by atoms with Crippen molar-refractivity contribution in [3.05, 3.63) is 0 Å². The minimum absolute atomic E-state index is 0.839. The van der Waals surface area contributed by atoms with Crippen LogP contribution < -0.4 is 0 Å². The van der Waals surface area contributed by atoms with Gasteiger partial charge in [-0.05, 0) is 51.4 Å². The summed E-state index contributed by atoms with van der Waals surface area (Å²) in [4.78, 5) is 0. The topological polar surface area (TPSA) is 0 Å². The lowest BCUT2D eigenvalue weighted by molar-refractivity contribution is 0.471. The van der Waals surface area contributed by atoms with Gasteiger partial charge >= 0.3 is 0 Å². The van der Waals surface area contributed by atoms with Crippen LogP contribution in [0.3, 0.4) is 0 Å². The molecule has 2 heterocycles. The van der Waals surface area contributed by atoms with Gasteiger partial charge in [-0.3, -0.25) is 0 Å². The van der Waals surface area contributed by atoms with Gasteiger partial charge in [-0.1, -0.05) is 32.6 Å². The van der Waals surface area contributed by atoms with E-state index in [0.29, 0.717) is 0 Å². The third-order valence-corrected chi connectivity index (χ3v) is 12.4. The highest BCUT2D eigenvalue weighted by Crippen LogP contribution is 2.78. The molecule has 0 nitrogen and oxygen atoms in total. The molecule has 0 amide bonds. The minimum atomic E-state index is -0.839. The summed E-state index contributed by atoms with van der Waals surface area (Å²) in [6.07, 6.45) is 19.3. The van der Waals surface area contributed by atoms with Crippen molar-refractivity contribution in [2.45, 2.75) is 95.3 Å². The lowest BCUT2D eigenvalue weighted by atomic mass is 9.99. The molecule has 2 aliphatic heterocycles. The molecule has 2 fully saturated rings. The van der Waals surface area contributed by atoms with Crippen molar-refractivity contribution in [3.8, 4) is 0 Å². The molecule has 2 bridgehead atoms. The smallest absolute Gasteiger partial charge is 0.0654 e. The number of fused-ring (bicyclic) bond motifs is 2. The molecule has 106 valence electrons. The van der Waals surface area contributed by atoms with Crippen LogP contribution in [0.1, 0.15) is 84.0 Å². The zero-order chi connectivity index (χ0) is 12.8. The molecule has 0 aromatic carbocycles. The first-order valence-electron chi connectivity index (χ1n) is 8.37. The Labute approximate surface area is 120 Å². The average molecular weight is 287 g/mol. The maximum absolute atomic E-state index is 5.33. The third-order valence-electron chi connectivity index (χ3n) is 5.28. The monoisotopic (exact) mass is 287 g/mol. The standard InChI is InChI=1S/C16H32PS/c1-2-3-4-5-6-7-14-17(18)15-10-8-11-16(17)13-9-12-15/h15-16,18H,2-14H2,1H3/q+1. The summed E-state index contributed by atoms with van der Waals surface area (Å²) < 4.78 is 0. The van der Waals surface area contributed by atoms with Gasteiger partial charge in [0, 0.05) is 12.2 Å². The van der Waals surface area contributed by atoms with Crippen molar-refractivity contribution in [2.75, 3.05) is 6.16 Å². The lowest BCUT2D eigenvalue weighted by Gasteiger charge is -2.43. The predicted octanol–water partition coefficient (Wildman–Crippen LogP) is 6.31. The fourth-order valence-electron chi connectivity index (χ4n) is 4.17. The number of hydrogen-bond donors (Lipinski definition) is 1. The van der Waals surface area contributed by atoms with Crippen molar-refractivity contribution >= 4 is 18.7 Å². The molecule has 0 unspecified atom stereocenters. The molecule has 0 N–H and O–H groups in total. The summed E-state index contributed by atoms with van der Waals surface area (Å²) in [5.41, 5.74) is 2.12. The van der Waals surface area contributed by atoms with Crippen LogP contribution in [-0.4, -0.2) is 17.5 Å². The summed E-state index contributed by atoms with van der Waals surface area (Å²) in [5, 5.41) is 0. The Morgan fingerprint density at radius 3 is 1.89 bits per heavy atom. The Kier molecular flexibility index (Phi) is 6.35. The highest BCUT2D eigenvalue weighted by atomic mass is 32.7. The minimum Gasteiger partial charge on any atom is -0.0654 e. The first-order chi connectivity index (χ1) is 8.77. The van der Waals surface area contributed by atoms with Gasteiger partial charge in [-0.15, -0.1) is 0 Å². The van der Waals surface area contributed by atoms with Crippen LogP contribution >= 0.6 is 18.7 Å². The highest BCUT2D eigenvalue weighted by molar-refractivity contribution is 8.53. The van der Waals surface area contributed by atoms with Crippen molar-refractivity contribution < 1.29 is 0 Å². The summed E-state index contributed by atoms with van der Waals surface area (Å²) in [7, 11) is 0. The van der Waals surface area contributed by atoms with Crippen molar-refractivity contribution in [2.24, 2.45) is 0 Å². The molecular weight excluding hydrogens is 255 g/mol. The van der Waals surface area contributed by atoms with Crippen LogP contribution in [-0.2, 0) is 0 Å². The summed E-state index contributed by atoms with van der Waals surface area (Å²) in [6, 6.07) is 0. The third kappa shape index (κ3) is 3.66. The van der Waals surface area contributed by atoms with E-state index in [4.69, 9.17) is 12.2 Å². The van der Waals surface area contributed by atoms with Crippen molar-refractivity contribution in [3.63, 3.8) is 0 Å². The van der Waals surface area contributed by atoms with E-state index in [9.17, 15) is 0 Å². The van der Waals surface area contributed by atoms with Crippen LogP contribution in [0, 0.1) is 0 Å². The van der Waals surface area contributed by atoms with Gasteiger partial charge in [-0.25, -0.2) is 0 Å². The van der Waals surface area contributed by atoms with E-state index in [2.05, 4.69) is 6.92 Å². The molecule has 0 saturated carbocycles. The summed E-state index contributed by atoms with van der Waals surface area (Å²) in [6.45, 7) is 1.46. The average Bonchev–Trinajstić information content (AvgIpc) is 2.33. The second-order valence-electron chi connectivity index (χ2n) is 6.55. The van der Waals surface area contributed by atoms with E-state index in [1.807, 2.05) is 0 Å². The van der Waals surface area contributed by atoms with Crippen LogP contribution in [0.5, 0.6) is 0 Å². The molecule has 2 rings (SSSR count). The Balaban J connectivity index is 1.72. The van der Waals surface area contributed by atoms with Crippen LogP contribution in [0.15, 0.2) is 0 Å². The molecule has 18 heavy (non-hydrogen) atoms. The maximum atomic E-state index is 5.33. The second kappa shape index (κ2) is 7.53. The van der Waals surface area contributed by atoms with Crippen LogP contribution in [0.25, 0.3) is 0 Å². The van der Waals surface area contributed by atoms with Gasteiger partial charge in [0.25, 0.3) is 0 Å². The maximum Gasteiger partial charge on any atom is 0.0801 e. The normalized spacial score (nSPS) is 35.7. The van der Waals surface area contributed by atoms with Gasteiger partial charge in [0.1, 0.15) is 0 Å². The Bertz CT molecular complexity index is 219. The van der Waals surface area contributed by atoms with E-state index in [1.54, 1.807) is 0 Å². The highest BCUT2D eigenvalue weighted by Gasteiger charge is 2.53. The fraction of sp³-hybridized carbons (Fsp3) is 1.00. The Hall–Kier alpha value is 0.780. The molecule has 0 atom stereocenters. The van der Waals surface area contributed by atoms with Gasteiger partial charge in [0.2, 0.25) is 0 Å². The van der Waals surface area contributed by atoms with Crippen LogP contribution in [0.4, 0.5) is 0 Å². The first kappa shape index (κ1) is 15.2. The van der Waals surface area contributed by atoms with E-state index >= 15 is 0 Å². The van der Waals surface area contributed by atoms with Crippen molar-refractivity contribution in [1.82, 2.24) is 0 Å². The first-order valence-corrected chi connectivity index (χ1v) is 11.6. The van der Waals surface area contributed by atoms with E-state index in [-0.39, 0.29) is 0 Å². The molecule has 2 saturated heterocycles. The Morgan fingerprint density at radius 2 is 1.33 bits per heavy atom. The molecule has 2 aliphatic rings. The molecule has 2 heteroatoms. The lowest BCUT2D eigenvalue weighted by Crippen LogP contribution is -2.32. The summed E-state index contributed by atoms with van der Waals surface area (Å²) in [5.74, 6) is 0. The van der Waals surface area contributed by atoms with Crippen LogP contribution in [0.2, 0.25) is 0 Å². The zero-order valence-electron chi connectivity index (χ0n) is 12.2. The largest absolute Gasteiger partial charge is 0.0801 e. The van der Waals surface area contributed by atoms with Gasteiger partial charge < -0.3 is 0 Å². The van der Waals surface area contributed by atoms with Gasteiger partial charge in [0.05, 0.1) is 23.9 Å². The number of thiol groups is 1. The molecule has 0 aromatic rings. The molecular formula is C16H32PS+. The van der Waals surface area contributed by atoms with E-state index in [0.717, 1.165) is 11.3 Å². The molecule has 0 spiro atoms. The molecule has 0 radical (unpaired) electrons. The van der Waals surface area contributed by atoms with Gasteiger partial charge in [-0.2, -0.15) is 0 Å². The Morgan fingerprint density at radius 1 is 0.833 bits per heavy atom. The number of hydrogen-bond acceptors (Lipinski definition) is 1.